The summed E-state index contributed by atoms with van der Waals surface area (Å²) in [5, 5.41) is 7.05. The molecule has 0 saturated carbocycles. The topological polar surface area (TPSA) is 83.8 Å². The Morgan fingerprint density at radius 1 is 1.19 bits per heavy atom. The van der Waals surface area contributed by atoms with Gasteiger partial charge in [-0.2, -0.15) is 5.10 Å². The minimum atomic E-state index is -0.501. The molecule has 8 heteroatoms. The van der Waals surface area contributed by atoms with Gasteiger partial charge < -0.3 is 18.9 Å². The van der Waals surface area contributed by atoms with Gasteiger partial charge in [-0.15, -0.1) is 0 Å². The molecule has 2 aromatic carbocycles. The number of benzene rings is 2. The minimum absolute atomic E-state index is 0.0191. The number of carbonyl (C=O) groups is 1. The fraction of sp³-hybridized carbons (Fsp3) is 0.304. The second kappa shape index (κ2) is 9.99. The summed E-state index contributed by atoms with van der Waals surface area (Å²) in [6.45, 7) is 1.89. The van der Waals surface area contributed by atoms with Gasteiger partial charge in [0.15, 0.2) is 11.5 Å². The Morgan fingerprint density at radius 3 is 2.84 bits per heavy atom. The Hall–Kier alpha value is -3.52. The first-order chi connectivity index (χ1) is 15.2. The quantitative estimate of drug-likeness (QED) is 0.590. The largest absolute Gasteiger partial charge is 0.493 e. The molecule has 1 fully saturated rings. The maximum Gasteiger partial charge on any atom is 0.411 e. The Labute approximate surface area is 180 Å². The molecule has 4 rings (SSSR count). The first kappa shape index (κ1) is 20.7. The zero-order valence-corrected chi connectivity index (χ0v) is 17.3. The van der Waals surface area contributed by atoms with Crippen molar-refractivity contribution in [3.63, 3.8) is 0 Å². The van der Waals surface area contributed by atoms with E-state index in [-0.39, 0.29) is 12.7 Å². The van der Waals surface area contributed by atoms with E-state index in [1.54, 1.807) is 30.1 Å². The lowest BCUT2D eigenvalue weighted by molar-refractivity contribution is 0.138. The van der Waals surface area contributed by atoms with Crippen LogP contribution < -0.4 is 14.8 Å². The van der Waals surface area contributed by atoms with E-state index in [1.165, 1.54) is 0 Å². The number of nitrogens with zero attached hydrogens (tertiary/aromatic N) is 2. The predicted molar refractivity (Wildman–Crippen MR) is 115 cm³/mol. The fourth-order valence-corrected chi connectivity index (χ4v) is 3.37. The molecule has 1 atom stereocenters. The summed E-state index contributed by atoms with van der Waals surface area (Å²) < 4.78 is 24.0. The van der Waals surface area contributed by atoms with E-state index in [4.69, 9.17) is 18.9 Å². The van der Waals surface area contributed by atoms with Crippen molar-refractivity contribution >= 4 is 11.8 Å². The van der Waals surface area contributed by atoms with Crippen molar-refractivity contribution in [2.24, 2.45) is 0 Å². The highest BCUT2D eigenvalue weighted by Gasteiger charge is 2.20. The van der Waals surface area contributed by atoms with Gasteiger partial charge in [-0.25, -0.2) is 4.79 Å². The van der Waals surface area contributed by atoms with Crippen LogP contribution in [0.5, 0.6) is 11.5 Å². The monoisotopic (exact) mass is 423 g/mol. The third-order valence-corrected chi connectivity index (χ3v) is 4.91. The van der Waals surface area contributed by atoms with E-state index in [0.717, 1.165) is 17.7 Å². The van der Waals surface area contributed by atoms with Crippen LogP contribution in [0.25, 0.3) is 11.3 Å². The number of hydrogen-bond donors (Lipinski definition) is 1. The van der Waals surface area contributed by atoms with Crippen LogP contribution in [-0.2, 0) is 16.0 Å². The standard InChI is InChI=1S/C23H25N3O5/c1-28-21-8-7-17(15-22(21)31-19-10-13-29-16-19)20-9-11-24-26(20)12-14-30-23(27)25-18-5-3-2-4-6-18/h2-9,11,15,19H,10,12-14,16H2,1H3,(H,25,27). The first-order valence-corrected chi connectivity index (χ1v) is 10.2. The molecular weight excluding hydrogens is 398 g/mol. The van der Waals surface area contributed by atoms with E-state index in [2.05, 4.69) is 10.4 Å². The van der Waals surface area contributed by atoms with Crippen molar-refractivity contribution in [2.45, 2.75) is 19.1 Å². The summed E-state index contributed by atoms with van der Waals surface area (Å²) in [5.41, 5.74) is 2.51. The molecule has 1 aromatic heterocycles. The number of methoxy groups -OCH3 is 1. The molecule has 1 aliphatic heterocycles. The van der Waals surface area contributed by atoms with Gasteiger partial charge in [0.2, 0.25) is 0 Å². The van der Waals surface area contributed by atoms with Crippen molar-refractivity contribution in [1.29, 1.82) is 0 Å². The van der Waals surface area contributed by atoms with Gasteiger partial charge >= 0.3 is 6.09 Å². The van der Waals surface area contributed by atoms with Crippen LogP contribution in [0, 0.1) is 0 Å². The smallest absolute Gasteiger partial charge is 0.411 e. The second-order valence-corrected chi connectivity index (χ2v) is 7.04. The number of carbonyl (C=O) groups excluding carboxylic acids is 1. The third kappa shape index (κ3) is 5.35. The molecule has 1 N–H and O–H groups in total. The maximum atomic E-state index is 12.0. The molecule has 1 amide bonds. The Kier molecular flexibility index (Phi) is 6.68. The molecule has 31 heavy (non-hydrogen) atoms. The van der Waals surface area contributed by atoms with Crippen molar-refractivity contribution in [1.82, 2.24) is 9.78 Å². The normalized spacial score (nSPS) is 15.5. The highest BCUT2D eigenvalue weighted by molar-refractivity contribution is 5.84. The maximum absolute atomic E-state index is 12.0. The number of anilines is 1. The van der Waals surface area contributed by atoms with E-state index in [9.17, 15) is 4.79 Å². The van der Waals surface area contributed by atoms with Gasteiger partial charge in [-0.1, -0.05) is 18.2 Å². The molecule has 2 heterocycles. The lowest BCUT2D eigenvalue weighted by Crippen LogP contribution is -2.17. The molecule has 0 bridgehead atoms. The van der Waals surface area contributed by atoms with E-state index >= 15 is 0 Å². The lowest BCUT2D eigenvalue weighted by Gasteiger charge is -2.16. The summed E-state index contributed by atoms with van der Waals surface area (Å²) in [6.07, 6.45) is 2.09. The van der Waals surface area contributed by atoms with Crippen molar-refractivity contribution in [3.8, 4) is 22.8 Å². The van der Waals surface area contributed by atoms with E-state index in [1.807, 2.05) is 42.5 Å². The highest BCUT2D eigenvalue weighted by atomic mass is 16.6. The van der Waals surface area contributed by atoms with E-state index < -0.39 is 6.09 Å². The summed E-state index contributed by atoms with van der Waals surface area (Å²) in [6, 6.07) is 16.8. The van der Waals surface area contributed by atoms with Crippen LogP contribution in [-0.4, -0.2) is 48.9 Å². The number of hydrogen-bond acceptors (Lipinski definition) is 6. The zero-order valence-electron chi connectivity index (χ0n) is 17.3. The van der Waals surface area contributed by atoms with Crippen LogP contribution in [0.3, 0.4) is 0 Å². The number of para-hydroxylation sites is 1. The third-order valence-electron chi connectivity index (χ3n) is 4.91. The molecule has 0 radical (unpaired) electrons. The zero-order chi connectivity index (χ0) is 21.5. The van der Waals surface area contributed by atoms with Gasteiger partial charge in [-0.05, 0) is 36.4 Å². The number of rotatable bonds is 8. The van der Waals surface area contributed by atoms with Gasteiger partial charge in [0, 0.05) is 23.9 Å². The average molecular weight is 423 g/mol. The molecule has 1 saturated heterocycles. The average Bonchev–Trinajstić information content (AvgIpc) is 3.47. The molecule has 1 unspecified atom stereocenters. The number of aromatic nitrogens is 2. The van der Waals surface area contributed by atoms with Crippen molar-refractivity contribution in [2.75, 3.05) is 32.2 Å². The molecule has 8 nitrogen and oxygen atoms in total. The van der Waals surface area contributed by atoms with Crippen LogP contribution in [0.1, 0.15) is 6.42 Å². The van der Waals surface area contributed by atoms with Crippen LogP contribution >= 0.6 is 0 Å². The van der Waals surface area contributed by atoms with Crippen molar-refractivity contribution < 1.29 is 23.7 Å². The fourth-order valence-electron chi connectivity index (χ4n) is 3.37. The molecule has 0 aliphatic carbocycles. The summed E-state index contributed by atoms with van der Waals surface area (Å²) in [7, 11) is 1.62. The van der Waals surface area contributed by atoms with E-state index in [0.29, 0.717) is 36.9 Å². The SMILES string of the molecule is COc1ccc(-c2ccnn2CCOC(=O)Nc2ccccc2)cc1OC1CCOC1. The predicted octanol–water partition coefficient (Wildman–Crippen LogP) is 3.98. The summed E-state index contributed by atoms with van der Waals surface area (Å²) in [5.74, 6) is 1.34. The molecule has 3 aromatic rings. The van der Waals surface area contributed by atoms with Gasteiger partial charge in [0.25, 0.3) is 0 Å². The minimum Gasteiger partial charge on any atom is -0.493 e. The number of amides is 1. The van der Waals surface area contributed by atoms with Gasteiger partial charge in [0.05, 0.1) is 32.6 Å². The first-order valence-electron chi connectivity index (χ1n) is 10.2. The Morgan fingerprint density at radius 2 is 2.06 bits per heavy atom. The molecular formula is C23H25N3O5. The number of nitrogens with one attached hydrogen (secondary N) is 1. The summed E-state index contributed by atoms with van der Waals surface area (Å²) >= 11 is 0. The van der Waals surface area contributed by atoms with Gasteiger partial charge in [0.1, 0.15) is 12.7 Å². The Balaban J connectivity index is 1.40. The van der Waals surface area contributed by atoms with Crippen LogP contribution in [0.2, 0.25) is 0 Å². The lowest BCUT2D eigenvalue weighted by atomic mass is 10.1. The second-order valence-electron chi connectivity index (χ2n) is 7.04. The van der Waals surface area contributed by atoms with Crippen LogP contribution in [0.4, 0.5) is 10.5 Å². The molecule has 162 valence electrons. The molecule has 1 aliphatic rings. The Bertz CT molecular complexity index is 999. The highest BCUT2D eigenvalue weighted by Crippen LogP contribution is 2.34. The molecule has 0 spiro atoms. The summed E-state index contributed by atoms with van der Waals surface area (Å²) in [4.78, 5) is 12.0. The van der Waals surface area contributed by atoms with Crippen LogP contribution in [0.15, 0.2) is 60.8 Å². The van der Waals surface area contributed by atoms with Crippen molar-refractivity contribution in [3.05, 3.63) is 60.8 Å². The number of ether oxygens (including phenoxy) is 4. The van der Waals surface area contributed by atoms with Gasteiger partial charge in [-0.3, -0.25) is 10.00 Å².